The molecule has 0 bridgehead atoms. The Kier molecular flexibility index (Phi) is 9.02. The van der Waals surface area contributed by atoms with E-state index in [1.807, 2.05) is 0 Å². The van der Waals surface area contributed by atoms with Gasteiger partial charge in [0.1, 0.15) is 5.75 Å². The summed E-state index contributed by atoms with van der Waals surface area (Å²) in [4.78, 5) is 45.8. The number of anilines is 2. The molecule has 1 saturated heterocycles. The van der Waals surface area contributed by atoms with Gasteiger partial charge in [0.25, 0.3) is 12.1 Å². The number of carbonyl (C=O) groups is 3. The highest BCUT2D eigenvalue weighted by Gasteiger charge is 2.53. The maximum absolute atomic E-state index is 13.6. The minimum absolute atomic E-state index is 0.0411. The molecule has 0 spiro atoms. The zero-order valence-electron chi connectivity index (χ0n) is 24.8. The monoisotopic (exact) mass is 720 g/mol. The molecule has 1 atom stereocenters. The van der Waals surface area contributed by atoms with Gasteiger partial charge in [0.05, 0.1) is 42.9 Å². The van der Waals surface area contributed by atoms with Crippen LogP contribution in [0, 0.1) is 0 Å². The second-order valence-electron chi connectivity index (χ2n) is 9.83. The minimum Gasteiger partial charge on any atom is -0.493 e. The molecular formula is C29H17F9N4O8. The van der Waals surface area contributed by atoms with E-state index in [4.69, 9.17) is 14.2 Å². The maximum atomic E-state index is 13.6. The van der Waals surface area contributed by atoms with Crippen molar-refractivity contribution in [2.45, 2.75) is 24.9 Å². The number of benzene rings is 2. The van der Waals surface area contributed by atoms with Crippen molar-refractivity contribution in [3.05, 3.63) is 66.6 Å². The third kappa shape index (κ3) is 7.05. The fourth-order valence-corrected chi connectivity index (χ4v) is 4.57. The van der Waals surface area contributed by atoms with Crippen molar-refractivity contribution in [2.75, 3.05) is 24.0 Å². The average molecular weight is 720 g/mol. The number of halogens is 9. The standard InChI is InChI=1S/C29H17F9N4O8/c1-46-20-9-16-17(10-21(20)47-2)40-6-5-18(16)48-19-4-3-14(8-22(19)50-29(36,37)38)41-23(43)24(49-25(44)28(33,34)35)42(26(41)45)15-7-13(11-39-12-15)27(30,31)32/h3-12,24H,1-2H3. The van der Waals surface area contributed by atoms with Gasteiger partial charge in [-0.25, -0.2) is 19.4 Å². The van der Waals surface area contributed by atoms with E-state index in [2.05, 4.69) is 19.4 Å². The topological polar surface area (TPSA) is 130 Å². The van der Waals surface area contributed by atoms with Crippen LogP contribution >= 0.6 is 0 Å². The summed E-state index contributed by atoms with van der Waals surface area (Å²) in [6.45, 7) is 0. The number of urea groups is 1. The first-order chi connectivity index (χ1) is 23.3. The Morgan fingerprint density at radius 2 is 1.46 bits per heavy atom. The zero-order valence-corrected chi connectivity index (χ0v) is 24.8. The molecule has 264 valence electrons. The van der Waals surface area contributed by atoms with Gasteiger partial charge in [-0.05, 0) is 30.3 Å². The van der Waals surface area contributed by atoms with Crippen molar-refractivity contribution in [1.29, 1.82) is 0 Å². The lowest BCUT2D eigenvalue weighted by molar-refractivity contribution is -0.275. The van der Waals surface area contributed by atoms with E-state index < -0.39 is 71.3 Å². The van der Waals surface area contributed by atoms with Crippen LogP contribution in [0.1, 0.15) is 5.56 Å². The number of ether oxygens (including phenoxy) is 5. The molecule has 3 amide bonds. The number of hydrogen-bond acceptors (Lipinski definition) is 10. The maximum Gasteiger partial charge on any atom is 0.573 e. The van der Waals surface area contributed by atoms with Gasteiger partial charge in [-0.15, -0.1) is 13.2 Å². The summed E-state index contributed by atoms with van der Waals surface area (Å²) in [7, 11) is 2.66. The Bertz CT molecular complexity index is 1990. The van der Waals surface area contributed by atoms with Crippen LogP contribution in [-0.4, -0.2) is 60.9 Å². The van der Waals surface area contributed by atoms with Crippen LogP contribution in [-0.2, 0) is 20.5 Å². The van der Waals surface area contributed by atoms with Crippen LogP contribution in [0.25, 0.3) is 10.9 Å². The number of carbonyl (C=O) groups excluding carboxylic acids is 3. The molecule has 2 aromatic carbocycles. The summed E-state index contributed by atoms with van der Waals surface area (Å²) < 4.78 is 144. The normalized spacial score (nSPS) is 15.4. The van der Waals surface area contributed by atoms with E-state index in [1.165, 1.54) is 38.6 Å². The van der Waals surface area contributed by atoms with Gasteiger partial charge in [-0.1, -0.05) is 0 Å². The molecule has 1 aliphatic rings. The Balaban J connectivity index is 1.59. The summed E-state index contributed by atoms with van der Waals surface area (Å²) in [5, 5.41) is 0.205. The van der Waals surface area contributed by atoms with E-state index in [-0.39, 0.29) is 44.0 Å². The fourth-order valence-electron chi connectivity index (χ4n) is 4.57. The molecule has 3 heterocycles. The highest BCUT2D eigenvalue weighted by atomic mass is 19.4. The lowest BCUT2D eigenvalue weighted by atomic mass is 10.1. The van der Waals surface area contributed by atoms with Gasteiger partial charge >= 0.3 is 30.7 Å². The van der Waals surface area contributed by atoms with E-state index >= 15 is 0 Å². The van der Waals surface area contributed by atoms with Gasteiger partial charge in [0, 0.05) is 29.9 Å². The molecule has 4 aromatic rings. The lowest BCUT2D eigenvalue weighted by Gasteiger charge is -2.22. The van der Waals surface area contributed by atoms with Gasteiger partial charge in [-0.2, -0.15) is 26.3 Å². The predicted octanol–water partition coefficient (Wildman–Crippen LogP) is 6.76. The fraction of sp³-hybridized carbons (Fsp3) is 0.207. The Morgan fingerprint density at radius 1 is 0.780 bits per heavy atom. The lowest BCUT2D eigenvalue weighted by Crippen LogP contribution is -2.42. The molecule has 1 unspecified atom stereocenters. The van der Waals surface area contributed by atoms with Crippen molar-refractivity contribution in [3.8, 4) is 28.7 Å². The molecule has 0 aliphatic carbocycles. The van der Waals surface area contributed by atoms with Gasteiger partial charge in [0.15, 0.2) is 23.0 Å². The predicted molar refractivity (Wildman–Crippen MR) is 149 cm³/mol. The van der Waals surface area contributed by atoms with Crippen LogP contribution < -0.4 is 28.7 Å². The van der Waals surface area contributed by atoms with Crippen molar-refractivity contribution >= 4 is 40.2 Å². The summed E-state index contributed by atoms with van der Waals surface area (Å²) in [5.41, 5.74) is -3.04. The SMILES string of the molecule is COc1cc2nccc(Oc3ccc(N4C(=O)C(OC(=O)C(F)(F)F)N(c5cncc(C(F)(F)F)c5)C4=O)cc3OC(F)(F)F)c2cc1OC. The zero-order chi connectivity index (χ0) is 36.8. The highest BCUT2D eigenvalue weighted by Crippen LogP contribution is 2.43. The number of methoxy groups -OCH3 is 2. The van der Waals surface area contributed by atoms with Gasteiger partial charge < -0.3 is 23.7 Å². The van der Waals surface area contributed by atoms with Crippen LogP contribution in [0.3, 0.4) is 0 Å². The quantitative estimate of drug-likeness (QED) is 0.109. The molecule has 5 rings (SSSR count). The number of fused-ring (bicyclic) bond motifs is 1. The van der Waals surface area contributed by atoms with Gasteiger partial charge in [0.2, 0.25) is 0 Å². The summed E-state index contributed by atoms with van der Waals surface area (Å²) in [5.74, 6) is -6.35. The second-order valence-corrected chi connectivity index (χ2v) is 9.83. The number of aromatic nitrogens is 2. The average Bonchev–Trinajstić information content (AvgIpc) is 3.27. The number of hydrogen-bond donors (Lipinski definition) is 0. The van der Waals surface area contributed by atoms with E-state index in [9.17, 15) is 53.9 Å². The van der Waals surface area contributed by atoms with Crippen molar-refractivity contribution in [1.82, 2.24) is 9.97 Å². The smallest absolute Gasteiger partial charge is 0.493 e. The first-order valence-electron chi connectivity index (χ1n) is 13.4. The van der Waals surface area contributed by atoms with Crippen molar-refractivity contribution in [3.63, 3.8) is 0 Å². The molecule has 12 nitrogen and oxygen atoms in total. The largest absolute Gasteiger partial charge is 0.573 e. The number of imide groups is 1. The third-order valence-electron chi connectivity index (χ3n) is 6.68. The Labute approximate surface area is 272 Å². The van der Waals surface area contributed by atoms with Crippen LogP contribution in [0.5, 0.6) is 28.7 Å². The van der Waals surface area contributed by atoms with Crippen LogP contribution in [0.2, 0.25) is 0 Å². The first-order valence-corrected chi connectivity index (χ1v) is 13.4. The summed E-state index contributed by atoms with van der Waals surface area (Å²) in [6, 6.07) is 4.60. The molecule has 0 radical (unpaired) electrons. The molecule has 0 N–H and O–H groups in total. The minimum atomic E-state index is -5.74. The van der Waals surface area contributed by atoms with Crippen molar-refractivity contribution < 1.29 is 77.6 Å². The first kappa shape index (κ1) is 35.3. The Hall–Kier alpha value is -6.02. The van der Waals surface area contributed by atoms with Crippen LogP contribution in [0.4, 0.5) is 55.7 Å². The number of alkyl halides is 9. The second kappa shape index (κ2) is 12.8. The van der Waals surface area contributed by atoms with E-state index in [0.717, 1.165) is 12.1 Å². The number of pyridine rings is 2. The number of rotatable bonds is 8. The number of amides is 3. The summed E-state index contributed by atoms with van der Waals surface area (Å²) in [6.07, 6.45) is -17.1. The summed E-state index contributed by atoms with van der Waals surface area (Å²) >= 11 is 0. The molecule has 0 saturated carbocycles. The van der Waals surface area contributed by atoms with E-state index in [1.54, 1.807) is 0 Å². The van der Waals surface area contributed by atoms with Crippen molar-refractivity contribution in [2.24, 2.45) is 0 Å². The molecular weight excluding hydrogens is 703 g/mol. The van der Waals surface area contributed by atoms with Crippen LogP contribution in [0.15, 0.2) is 61.1 Å². The molecule has 2 aromatic heterocycles. The third-order valence-corrected chi connectivity index (χ3v) is 6.68. The number of esters is 1. The molecule has 1 aliphatic heterocycles. The Morgan fingerprint density at radius 3 is 2.08 bits per heavy atom. The highest BCUT2D eigenvalue weighted by molar-refractivity contribution is 6.28. The molecule has 50 heavy (non-hydrogen) atoms. The molecule has 1 fully saturated rings. The number of nitrogens with zero attached hydrogens (tertiary/aromatic N) is 4. The van der Waals surface area contributed by atoms with E-state index in [0.29, 0.717) is 18.5 Å². The molecule has 21 heteroatoms. The van der Waals surface area contributed by atoms with Gasteiger partial charge in [-0.3, -0.25) is 14.8 Å².